The van der Waals surface area contributed by atoms with Crippen LogP contribution in [0.15, 0.2) is 35.7 Å². The number of rotatable bonds is 6. The van der Waals surface area contributed by atoms with Crippen molar-refractivity contribution in [3.63, 3.8) is 0 Å². The van der Waals surface area contributed by atoms with Gasteiger partial charge in [-0.05, 0) is 25.3 Å². The van der Waals surface area contributed by atoms with Crippen LogP contribution in [0.25, 0.3) is 0 Å². The van der Waals surface area contributed by atoms with Gasteiger partial charge in [0.25, 0.3) is 0 Å². The number of Topliss-reactive ketones (excluding diaryl/α,β-unsaturated/α-hetero) is 1. The molecule has 0 unspecified atom stereocenters. The molecule has 0 amide bonds. The van der Waals surface area contributed by atoms with E-state index in [0.29, 0.717) is 5.70 Å². The molecule has 0 saturated heterocycles. The van der Waals surface area contributed by atoms with E-state index in [1.807, 2.05) is 31.3 Å². The predicted molar refractivity (Wildman–Crippen MR) is 75.4 cm³/mol. The maximum atomic E-state index is 11.7. The molecule has 0 aliphatic rings. The van der Waals surface area contributed by atoms with Crippen molar-refractivity contribution in [2.75, 3.05) is 35.3 Å². The SMILES string of the molecule is COC(=O)\C(C(C)=O)=C(/C=C/C=C/N(C)C)N(C)C. The van der Waals surface area contributed by atoms with E-state index < -0.39 is 5.97 Å². The molecule has 0 aromatic carbocycles. The van der Waals surface area contributed by atoms with E-state index >= 15 is 0 Å². The topological polar surface area (TPSA) is 49.9 Å². The number of esters is 1. The fourth-order valence-corrected chi connectivity index (χ4v) is 1.36. The van der Waals surface area contributed by atoms with Gasteiger partial charge in [-0.3, -0.25) is 4.79 Å². The molecule has 19 heavy (non-hydrogen) atoms. The third-order valence-electron chi connectivity index (χ3n) is 2.23. The minimum Gasteiger partial charge on any atom is -0.465 e. The summed E-state index contributed by atoms with van der Waals surface area (Å²) in [4.78, 5) is 26.8. The molecule has 0 radical (unpaired) electrons. The summed E-state index contributed by atoms with van der Waals surface area (Å²) in [6.45, 7) is 1.35. The van der Waals surface area contributed by atoms with Crippen molar-refractivity contribution >= 4 is 11.8 Å². The molecule has 0 rings (SSSR count). The number of ketones is 1. The first kappa shape index (κ1) is 17.0. The normalized spacial score (nSPS) is 12.5. The summed E-state index contributed by atoms with van der Waals surface area (Å²) >= 11 is 0. The average Bonchev–Trinajstić information content (AvgIpc) is 2.30. The van der Waals surface area contributed by atoms with Crippen LogP contribution in [-0.4, -0.2) is 56.9 Å². The Morgan fingerprint density at radius 2 is 1.63 bits per heavy atom. The molecule has 0 aromatic heterocycles. The Balaban J connectivity index is 5.47. The number of likely N-dealkylation sites (N-methyl/N-ethyl adjacent to an activating group) is 1. The van der Waals surface area contributed by atoms with Gasteiger partial charge in [0.05, 0.1) is 12.8 Å². The van der Waals surface area contributed by atoms with Crippen LogP contribution in [0.5, 0.6) is 0 Å². The van der Waals surface area contributed by atoms with Gasteiger partial charge >= 0.3 is 5.97 Å². The zero-order valence-corrected chi connectivity index (χ0v) is 12.4. The molecule has 5 nitrogen and oxygen atoms in total. The number of hydrogen-bond acceptors (Lipinski definition) is 5. The number of carbonyl (C=O) groups excluding carboxylic acids is 2. The number of methoxy groups -OCH3 is 1. The van der Waals surface area contributed by atoms with E-state index in [0.717, 1.165) is 0 Å². The summed E-state index contributed by atoms with van der Waals surface area (Å²) < 4.78 is 4.64. The van der Waals surface area contributed by atoms with Crippen LogP contribution >= 0.6 is 0 Å². The molecule has 0 fully saturated rings. The second kappa shape index (κ2) is 8.13. The number of hydrogen-bond donors (Lipinski definition) is 0. The van der Waals surface area contributed by atoms with Crippen LogP contribution in [0.2, 0.25) is 0 Å². The Hall–Kier alpha value is -2.04. The second-order valence-electron chi connectivity index (χ2n) is 4.37. The fourth-order valence-electron chi connectivity index (χ4n) is 1.36. The molecule has 5 heteroatoms. The van der Waals surface area contributed by atoms with Gasteiger partial charge in [0, 0.05) is 28.2 Å². The Labute approximate surface area is 114 Å². The summed E-state index contributed by atoms with van der Waals surface area (Å²) in [5.41, 5.74) is 0.560. The lowest BCUT2D eigenvalue weighted by Crippen LogP contribution is -2.21. The number of nitrogens with zero attached hydrogens (tertiary/aromatic N) is 2. The molecule has 0 heterocycles. The molecule has 0 atom stereocenters. The molecule has 0 spiro atoms. The van der Waals surface area contributed by atoms with Gasteiger partial charge in [-0.15, -0.1) is 0 Å². The van der Waals surface area contributed by atoms with Crippen LogP contribution < -0.4 is 0 Å². The highest BCUT2D eigenvalue weighted by Crippen LogP contribution is 2.12. The van der Waals surface area contributed by atoms with Crippen molar-refractivity contribution in [2.45, 2.75) is 6.92 Å². The molecule has 0 saturated carbocycles. The maximum absolute atomic E-state index is 11.7. The molecule has 106 valence electrons. The minimum atomic E-state index is -0.627. The lowest BCUT2D eigenvalue weighted by atomic mass is 10.1. The van der Waals surface area contributed by atoms with Gasteiger partial charge in [-0.1, -0.05) is 6.08 Å². The average molecular weight is 266 g/mol. The predicted octanol–water partition coefficient (Wildman–Crippen LogP) is 1.20. The first-order valence-electron chi connectivity index (χ1n) is 5.83. The highest BCUT2D eigenvalue weighted by molar-refractivity contribution is 6.17. The smallest absolute Gasteiger partial charge is 0.343 e. The van der Waals surface area contributed by atoms with Gasteiger partial charge in [-0.2, -0.15) is 0 Å². The first-order chi connectivity index (χ1) is 8.81. The van der Waals surface area contributed by atoms with E-state index in [1.54, 1.807) is 31.1 Å². The lowest BCUT2D eigenvalue weighted by molar-refractivity contribution is -0.137. The molecule has 0 N–H and O–H groups in total. The van der Waals surface area contributed by atoms with E-state index in [-0.39, 0.29) is 11.4 Å². The Morgan fingerprint density at radius 3 is 2.00 bits per heavy atom. The molecule has 0 aliphatic carbocycles. The Morgan fingerprint density at radius 1 is 1.05 bits per heavy atom. The number of ether oxygens (including phenoxy) is 1. The first-order valence-corrected chi connectivity index (χ1v) is 5.83. The quantitative estimate of drug-likeness (QED) is 0.238. The Bertz CT molecular complexity index is 418. The number of allylic oxidation sites excluding steroid dienone is 3. The van der Waals surface area contributed by atoms with Crippen LogP contribution in [0.3, 0.4) is 0 Å². The van der Waals surface area contributed by atoms with Gasteiger partial charge in [-0.25, -0.2) is 4.79 Å². The summed E-state index contributed by atoms with van der Waals surface area (Å²) in [5.74, 6) is -0.950. The van der Waals surface area contributed by atoms with Crippen LogP contribution in [-0.2, 0) is 14.3 Å². The second-order valence-corrected chi connectivity index (χ2v) is 4.37. The van der Waals surface area contributed by atoms with Crippen molar-refractivity contribution in [1.82, 2.24) is 9.80 Å². The third kappa shape index (κ3) is 5.90. The molecule has 0 aliphatic heterocycles. The van der Waals surface area contributed by atoms with Crippen molar-refractivity contribution in [1.29, 1.82) is 0 Å². The van der Waals surface area contributed by atoms with Gasteiger partial charge in [0.2, 0.25) is 0 Å². The summed E-state index contributed by atoms with van der Waals surface area (Å²) in [7, 11) is 8.60. The molecule has 0 bridgehead atoms. The zero-order valence-electron chi connectivity index (χ0n) is 12.4. The largest absolute Gasteiger partial charge is 0.465 e. The van der Waals surface area contributed by atoms with E-state index in [4.69, 9.17) is 0 Å². The van der Waals surface area contributed by atoms with Crippen molar-refractivity contribution in [3.8, 4) is 0 Å². The summed E-state index contributed by atoms with van der Waals surface area (Å²) in [5, 5.41) is 0. The number of carbonyl (C=O) groups is 2. The van der Waals surface area contributed by atoms with Crippen molar-refractivity contribution in [2.24, 2.45) is 0 Å². The third-order valence-corrected chi connectivity index (χ3v) is 2.23. The van der Waals surface area contributed by atoms with Crippen LogP contribution in [0, 0.1) is 0 Å². The van der Waals surface area contributed by atoms with Crippen molar-refractivity contribution < 1.29 is 14.3 Å². The van der Waals surface area contributed by atoms with Gasteiger partial charge in [0.15, 0.2) is 5.78 Å². The fraction of sp³-hybridized carbons (Fsp3) is 0.429. The Kier molecular flexibility index (Phi) is 7.26. The van der Waals surface area contributed by atoms with Crippen LogP contribution in [0.1, 0.15) is 6.92 Å². The highest BCUT2D eigenvalue weighted by Gasteiger charge is 2.20. The lowest BCUT2D eigenvalue weighted by Gasteiger charge is -2.16. The highest BCUT2D eigenvalue weighted by atomic mass is 16.5. The molecular formula is C14H22N2O3. The van der Waals surface area contributed by atoms with E-state index in [1.165, 1.54) is 14.0 Å². The standard InChI is InChI=1S/C14H22N2O3/c1-11(17)13(14(18)19-6)12(16(4)5)9-7-8-10-15(2)3/h7-10H,1-6H3/b9-7+,10-8+,13-12+. The monoisotopic (exact) mass is 266 g/mol. The van der Waals surface area contributed by atoms with Gasteiger partial charge < -0.3 is 14.5 Å². The summed E-state index contributed by atoms with van der Waals surface area (Å²) in [6, 6.07) is 0. The molecular weight excluding hydrogens is 244 g/mol. The molecule has 0 aromatic rings. The van der Waals surface area contributed by atoms with Crippen LogP contribution in [0.4, 0.5) is 0 Å². The van der Waals surface area contributed by atoms with E-state index in [9.17, 15) is 9.59 Å². The van der Waals surface area contributed by atoms with Gasteiger partial charge in [0.1, 0.15) is 5.57 Å². The maximum Gasteiger partial charge on any atom is 0.343 e. The van der Waals surface area contributed by atoms with Crippen molar-refractivity contribution in [3.05, 3.63) is 35.7 Å². The van der Waals surface area contributed by atoms with E-state index in [2.05, 4.69) is 4.74 Å². The zero-order chi connectivity index (χ0) is 15.0. The summed E-state index contributed by atoms with van der Waals surface area (Å²) in [6.07, 6.45) is 7.14. The minimum absolute atomic E-state index is 0.0435.